The van der Waals surface area contributed by atoms with E-state index in [9.17, 15) is 9.59 Å². The van der Waals surface area contributed by atoms with E-state index in [1.54, 1.807) is 6.92 Å². The van der Waals surface area contributed by atoms with Gasteiger partial charge in [-0.1, -0.05) is 26.1 Å². The topological polar surface area (TPSA) is 85.5 Å². The van der Waals surface area contributed by atoms with Gasteiger partial charge in [0.15, 0.2) is 0 Å². The van der Waals surface area contributed by atoms with Crippen molar-refractivity contribution in [2.75, 3.05) is 18.1 Å². The highest BCUT2D eigenvalue weighted by Crippen LogP contribution is 2.23. The Labute approximate surface area is 105 Å². The summed E-state index contributed by atoms with van der Waals surface area (Å²) in [5, 5.41) is 7.19. The fourth-order valence-corrected chi connectivity index (χ4v) is 2.02. The van der Waals surface area contributed by atoms with Gasteiger partial charge in [-0.2, -0.15) is 0 Å². The van der Waals surface area contributed by atoms with Crippen LogP contribution in [0.2, 0.25) is 0 Å². The Morgan fingerprint density at radius 2 is 2.41 bits per heavy atom. The Hall–Kier alpha value is -1.44. The molecule has 92 valence electrons. The van der Waals surface area contributed by atoms with Crippen molar-refractivity contribution >= 4 is 33.8 Å². The highest BCUT2D eigenvalue weighted by molar-refractivity contribution is 9.09. The predicted octanol–water partition coefficient (Wildman–Crippen LogP) is 0.746. The Morgan fingerprint density at radius 1 is 1.65 bits per heavy atom. The van der Waals surface area contributed by atoms with Gasteiger partial charge in [0.1, 0.15) is 0 Å². The van der Waals surface area contributed by atoms with Crippen LogP contribution in [0, 0.1) is 0 Å². The Bertz CT molecular complexity index is 447. The molecule has 1 saturated heterocycles. The maximum absolute atomic E-state index is 11.5. The van der Waals surface area contributed by atoms with E-state index in [2.05, 4.69) is 26.1 Å². The Balaban J connectivity index is 2.13. The Kier molecular flexibility index (Phi) is 3.41. The summed E-state index contributed by atoms with van der Waals surface area (Å²) in [5.74, 6) is -1.05. The zero-order chi connectivity index (χ0) is 12.4. The van der Waals surface area contributed by atoms with Crippen LogP contribution in [0.1, 0.15) is 24.0 Å². The van der Waals surface area contributed by atoms with Gasteiger partial charge in [-0.3, -0.25) is 9.69 Å². The molecule has 1 aliphatic heterocycles. The van der Waals surface area contributed by atoms with Crippen LogP contribution in [-0.4, -0.2) is 40.1 Å². The van der Waals surface area contributed by atoms with Crippen molar-refractivity contribution in [3.05, 3.63) is 5.89 Å². The first-order valence-electron chi connectivity index (χ1n) is 5.07. The van der Waals surface area contributed by atoms with Crippen LogP contribution in [0.25, 0.3) is 0 Å². The van der Waals surface area contributed by atoms with Gasteiger partial charge in [0.2, 0.25) is 5.91 Å². The van der Waals surface area contributed by atoms with Gasteiger partial charge in [0, 0.05) is 17.8 Å². The van der Waals surface area contributed by atoms with Crippen LogP contribution in [0.5, 0.6) is 0 Å². The van der Waals surface area contributed by atoms with Crippen LogP contribution in [0.15, 0.2) is 4.42 Å². The van der Waals surface area contributed by atoms with Crippen molar-refractivity contribution in [1.29, 1.82) is 0 Å². The molecule has 7 nitrogen and oxygen atoms in total. The lowest BCUT2D eigenvalue weighted by atomic mass is 10.4. The van der Waals surface area contributed by atoms with Gasteiger partial charge < -0.3 is 9.15 Å². The number of alkyl halides is 1. The van der Waals surface area contributed by atoms with E-state index in [1.807, 2.05) is 0 Å². The number of hydrogen-bond donors (Lipinski definition) is 0. The quantitative estimate of drug-likeness (QED) is 0.605. The average molecular weight is 304 g/mol. The first kappa shape index (κ1) is 12.0. The third-order valence-electron chi connectivity index (χ3n) is 2.17. The highest BCUT2D eigenvalue weighted by atomic mass is 79.9. The second-order valence-electron chi connectivity index (χ2n) is 3.42. The molecule has 1 unspecified atom stereocenters. The molecule has 0 spiro atoms. The average Bonchev–Trinajstić information content (AvgIpc) is 2.85. The Morgan fingerprint density at radius 3 is 3.00 bits per heavy atom. The van der Waals surface area contributed by atoms with Gasteiger partial charge in [-0.15, -0.1) is 0 Å². The molecule has 8 heteroatoms. The lowest BCUT2D eigenvalue weighted by Gasteiger charge is -2.08. The van der Waals surface area contributed by atoms with Crippen molar-refractivity contribution in [2.45, 2.75) is 18.2 Å². The van der Waals surface area contributed by atoms with Gasteiger partial charge in [0.25, 0.3) is 0 Å². The second kappa shape index (κ2) is 4.82. The van der Waals surface area contributed by atoms with Gasteiger partial charge in [0.05, 0.1) is 6.61 Å². The van der Waals surface area contributed by atoms with Crippen LogP contribution in [0.3, 0.4) is 0 Å². The number of carbonyl (C=O) groups excluding carboxylic acids is 2. The molecule has 0 aliphatic carbocycles. The van der Waals surface area contributed by atoms with E-state index >= 15 is 0 Å². The third-order valence-corrected chi connectivity index (χ3v) is 2.79. The third kappa shape index (κ3) is 2.46. The normalized spacial score (nSPS) is 19.8. The van der Waals surface area contributed by atoms with Crippen molar-refractivity contribution in [3.63, 3.8) is 0 Å². The second-order valence-corrected chi connectivity index (χ2v) is 4.71. The molecular formula is C9H10BrN3O4. The molecule has 2 heterocycles. The lowest BCUT2D eigenvalue weighted by Crippen LogP contribution is -2.24. The molecule has 17 heavy (non-hydrogen) atoms. The highest BCUT2D eigenvalue weighted by Gasteiger charge is 2.33. The number of nitrogens with zero attached hydrogens (tertiary/aromatic N) is 3. The minimum atomic E-state index is -0.687. The van der Waals surface area contributed by atoms with Gasteiger partial charge >= 0.3 is 17.9 Å². The van der Waals surface area contributed by atoms with E-state index in [0.717, 1.165) is 0 Å². The van der Waals surface area contributed by atoms with Crippen molar-refractivity contribution in [3.8, 4) is 0 Å². The number of carbonyl (C=O) groups is 2. The molecule has 2 rings (SSSR count). The predicted molar refractivity (Wildman–Crippen MR) is 59.9 cm³/mol. The van der Waals surface area contributed by atoms with Crippen LogP contribution >= 0.6 is 15.9 Å². The molecule has 1 aromatic heterocycles. The minimum Gasteiger partial charge on any atom is -0.459 e. The summed E-state index contributed by atoms with van der Waals surface area (Å²) >= 11 is 3.33. The molecule has 0 saturated carbocycles. The largest absolute Gasteiger partial charge is 0.459 e. The van der Waals surface area contributed by atoms with E-state index in [0.29, 0.717) is 13.0 Å². The number of esters is 1. The van der Waals surface area contributed by atoms with Crippen LogP contribution < -0.4 is 4.90 Å². The van der Waals surface area contributed by atoms with Crippen molar-refractivity contribution in [2.24, 2.45) is 0 Å². The van der Waals surface area contributed by atoms with Gasteiger partial charge in [-0.05, 0) is 6.92 Å². The molecule has 0 aromatic carbocycles. The smallest absolute Gasteiger partial charge is 0.396 e. The molecule has 1 atom stereocenters. The number of hydrogen-bond acceptors (Lipinski definition) is 6. The number of rotatable bonds is 3. The lowest BCUT2D eigenvalue weighted by molar-refractivity contribution is -0.117. The van der Waals surface area contributed by atoms with Crippen LogP contribution in [0.4, 0.5) is 6.01 Å². The molecule has 0 radical (unpaired) electrons. The summed E-state index contributed by atoms with van der Waals surface area (Å²) in [6.45, 7) is 2.35. The summed E-state index contributed by atoms with van der Waals surface area (Å²) in [6.07, 6.45) is 0.372. The molecular weight excluding hydrogens is 294 g/mol. The first-order chi connectivity index (χ1) is 8.11. The molecule has 0 bridgehead atoms. The number of halogens is 1. The van der Waals surface area contributed by atoms with E-state index in [-0.39, 0.29) is 29.2 Å². The standard InChI is InChI=1S/C9H10BrN3O4/c1-2-16-8(15)7-11-12-9(17-7)13-4-5(10)3-6(13)14/h5H,2-4H2,1H3. The summed E-state index contributed by atoms with van der Waals surface area (Å²) in [5.41, 5.74) is 0. The molecule has 1 fully saturated rings. The molecule has 1 aliphatic rings. The monoisotopic (exact) mass is 303 g/mol. The van der Waals surface area contributed by atoms with Crippen molar-refractivity contribution in [1.82, 2.24) is 10.2 Å². The molecule has 1 amide bonds. The minimum absolute atomic E-state index is 0.0278. The van der Waals surface area contributed by atoms with E-state index in [1.165, 1.54) is 4.90 Å². The molecule has 1 aromatic rings. The molecule has 0 N–H and O–H groups in total. The van der Waals surface area contributed by atoms with E-state index < -0.39 is 5.97 Å². The number of amides is 1. The maximum atomic E-state index is 11.5. The zero-order valence-electron chi connectivity index (χ0n) is 9.05. The summed E-state index contributed by atoms with van der Waals surface area (Å²) < 4.78 is 9.79. The fourth-order valence-electron chi connectivity index (χ4n) is 1.45. The number of anilines is 1. The van der Waals surface area contributed by atoms with Crippen LogP contribution in [-0.2, 0) is 9.53 Å². The maximum Gasteiger partial charge on any atom is 0.396 e. The summed E-state index contributed by atoms with van der Waals surface area (Å²) in [6, 6.07) is 0.0278. The van der Waals surface area contributed by atoms with Gasteiger partial charge in [-0.25, -0.2) is 4.79 Å². The van der Waals surface area contributed by atoms with E-state index in [4.69, 9.17) is 9.15 Å². The SMILES string of the molecule is CCOC(=O)c1nnc(N2CC(Br)CC2=O)o1. The summed E-state index contributed by atoms with van der Waals surface area (Å²) in [4.78, 5) is 24.2. The van der Waals surface area contributed by atoms with Crippen molar-refractivity contribution < 1.29 is 18.7 Å². The summed E-state index contributed by atoms with van der Waals surface area (Å²) in [7, 11) is 0. The first-order valence-corrected chi connectivity index (χ1v) is 5.98. The number of aromatic nitrogens is 2. The fraction of sp³-hybridized carbons (Fsp3) is 0.556. The zero-order valence-corrected chi connectivity index (χ0v) is 10.6. The number of ether oxygens (including phenoxy) is 1.